The van der Waals surface area contributed by atoms with Crippen molar-refractivity contribution >= 4 is 17.4 Å². The van der Waals surface area contributed by atoms with Crippen molar-refractivity contribution in [3.63, 3.8) is 0 Å². The number of pyridine rings is 3. The van der Waals surface area contributed by atoms with E-state index in [1.807, 2.05) is 48.5 Å². The molecule has 0 spiro atoms. The van der Waals surface area contributed by atoms with Crippen LogP contribution in [0.4, 0.5) is 5.82 Å². The first-order chi connectivity index (χ1) is 16.6. The van der Waals surface area contributed by atoms with Crippen LogP contribution in [0.1, 0.15) is 16.2 Å². The lowest BCUT2D eigenvalue weighted by Crippen LogP contribution is -2.29. The summed E-state index contributed by atoms with van der Waals surface area (Å²) in [5.41, 5.74) is 10.8. The van der Waals surface area contributed by atoms with E-state index in [1.165, 1.54) is 0 Å². The van der Waals surface area contributed by atoms with E-state index < -0.39 is 0 Å². The Kier molecular flexibility index (Phi) is 5.65. The van der Waals surface area contributed by atoms with Crippen LogP contribution in [0.25, 0.3) is 28.2 Å². The molecule has 0 saturated heterocycles. The van der Waals surface area contributed by atoms with Gasteiger partial charge in [-0.15, -0.1) is 5.10 Å². The second-order valence-corrected chi connectivity index (χ2v) is 7.79. The Morgan fingerprint density at radius 3 is 2.53 bits per heavy atom. The number of anilines is 1. The van der Waals surface area contributed by atoms with Gasteiger partial charge >= 0.3 is 0 Å². The van der Waals surface area contributed by atoms with Crippen molar-refractivity contribution in [3.8, 4) is 22.5 Å². The number of hydrogen-bond acceptors (Lipinski definition) is 7. The van der Waals surface area contributed by atoms with Crippen LogP contribution < -0.4 is 5.73 Å². The summed E-state index contributed by atoms with van der Waals surface area (Å²) in [6, 6.07) is 16.7. The maximum Gasteiger partial charge on any atom is 0.272 e. The Morgan fingerprint density at radius 1 is 0.971 bits per heavy atom. The SMILES string of the molecule is CN(CCc1ccccn1)C(=O)c1cccc(-c2cnc3c(-c4ccccn4)c(N)nn3c2)n1. The average Bonchev–Trinajstić information content (AvgIpc) is 3.22. The number of rotatable bonds is 6. The minimum Gasteiger partial charge on any atom is -0.382 e. The normalized spacial score (nSPS) is 11.0. The number of nitrogen functional groups attached to an aromatic ring is 1. The van der Waals surface area contributed by atoms with E-state index >= 15 is 0 Å². The Bertz CT molecular complexity index is 1450. The predicted molar refractivity (Wildman–Crippen MR) is 129 cm³/mol. The van der Waals surface area contributed by atoms with Gasteiger partial charge in [0.25, 0.3) is 5.91 Å². The Morgan fingerprint density at radius 2 is 1.76 bits per heavy atom. The van der Waals surface area contributed by atoms with Gasteiger partial charge in [0.15, 0.2) is 11.5 Å². The van der Waals surface area contributed by atoms with Gasteiger partial charge in [-0.25, -0.2) is 14.5 Å². The van der Waals surface area contributed by atoms with E-state index in [0.29, 0.717) is 52.6 Å². The van der Waals surface area contributed by atoms with E-state index in [-0.39, 0.29) is 5.91 Å². The molecule has 5 rings (SSSR count). The molecule has 5 aromatic rings. The zero-order valence-corrected chi connectivity index (χ0v) is 18.5. The van der Waals surface area contributed by atoms with E-state index in [0.717, 1.165) is 5.69 Å². The summed E-state index contributed by atoms with van der Waals surface area (Å²) in [6.07, 6.45) is 7.62. The van der Waals surface area contributed by atoms with Gasteiger partial charge < -0.3 is 10.6 Å². The smallest absolute Gasteiger partial charge is 0.272 e. The van der Waals surface area contributed by atoms with Gasteiger partial charge in [0.1, 0.15) is 5.69 Å². The van der Waals surface area contributed by atoms with Crippen molar-refractivity contribution in [2.75, 3.05) is 19.3 Å². The highest BCUT2D eigenvalue weighted by Crippen LogP contribution is 2.28. The van der Waals surface area contributed by atoms with Crippen LogP contribution >= 0.6 is 0 Å². The monoisotopic (exact) mass is 450 g/mol. The number of fused-ring (bicyclic) bond motifs is 1. The van der Waals surface area contributed by atoms with Gasteiger partial charge in [0, 0.05) is 56.1 Å². The van der Waals surface area contributed by atoms with Gasteiger partial charge in [-0.3, -0.25) is 14.8 Å². The zero-order chi connectivity index (χ0) is 23.5. The number of carbonyl (C=O) groups excluding carboxylic acids is 1. The standard InChI is InChI=1S/C25H22N8O/c1-32(14-11-18-7-2-4-12-27-18)25(34)21-10-6-9-19(30-21)17-15-29-24-22(20-8-3-5-13-28-20)23(26)31-33(24)16-17/h2-10,12-13,15-16H,11,14H2,1H3,(H2,26,31). The molecule has 168 valence electrons. The molecule has 0 saturated carbocycles. The summed E-state index contributed by atoms with van der Waals surface area (Å²) in [7, 11) is 1.76. The van der Waals surface area contributed by atoms with Gasteiger partial charge in [-0.05, 0) is 36.4 Å². The first-order valence-corrected chi connectivity index (χ1v) is 10.8. The molecule has 0 aliphatic rings. The van der Waals surface area contributed by atoms with Crippen molar-refractivity contribution in [2.24, 2.45) is 0 Å². The number of likely N-dealkylation sites (N-methyl/N-ethyl adjacent to an activating group) is 1. The zero-order valence-electron chi connectivity index (χ0n) is 18.5. The Labute approximate surface area is 196 Å². The highest BCUT2D eigenvalue weighted by Gasteiger charge is 2.17. The lowest BCUT2D eigenvalue weighted by Gasteiger charge is -2.16. The van der Waals surface area contributed by atoms with Crippen molar-refractivity contribution in [2.45, 2.75) is 6.42 Å². The largest absolute Gasteiger partial charge is 0.382 e. The molecule has 0 radical (unpaired) electrons. The molecule has 9 nitrogen and oxygen atoms in total. The van der Waals surface area contributed by atoms with Crippen LogP contribution in [0.5, 0.6) is 0 Å². The number of amides is 1. The third-order valence-electron chi connectivity index (χ3n) is 5.46. The molecule has 2 N–H and O–H groups in total. The number of nitrogens with two attached hydrogens (primary N) is 1. The second kappa shape index (κ2) is 9.07. The summed E-state index contributed by atoms with van der Waals surface area (Å²) in [4.78, 5) is 32.4. The first-order valence-electron chi connectivity index (χ1n) is 10.8. The summed E-state index contributed by atoms with van der Waals surface area (Å²) < 4.78 is 1.61. The third-order valence-corrected chi connectivity index (χ3v) is 5.46. The van der Waals surface area contributed by atoms with Crippen LogP contribution in [0.15, 0.2) is 79.4 Å². The van der Waals surface area contributed by atoms with Crippen LogP contribution in [-0.2, 0) is 6.42 Å². The number of aromatic nitrogens is 6. The lowest BCUT2D eigenvalue weighted by atomic mass is 10.2. The van der Waals surface area contributed by atoms with Crippen molar-refractivity contribution in [1.29, 1.82) is 0 Å². The summed E-state index contributed by atoms with van der Waals surface area (Å²) >= 11 is 0. The molecule has 0 aliphatic heterocycles. The van der Waals surface area contributed by atoms with Gasteiger partial charge in [0.05, 0.1) is 17.0 Å². The molecule has 0 fully saturated rings. The minimum atomic E-state index is -0.160. The number of nitrogens with zero attached hydrogens (tertiary/aromatic N) is 7. The molecule has 34 heavy (non-hydrogen) atoms. The number of carbonyl (C=O) groups is 1. The molecule has 1 amide bonds. The molecule has 0 atom stereocenters. The maximum atomic E-state index is 13.0. The summed E-state index contributed by atoms with van der Waals surface area (Å²) in [5, 5.41) is 4.40. The van der Waals surface area contributed by atoms with Crippen molar-refractivity contribution in [3.05, 3.63) is 90.8 Å². The molecular weight excluding hydrogens is 428 g/mol. The third kappa shape index (κ3) is 4.18. The van der Waals surface area contributed by atoms with Crippen molar-refractivity contribution in [1.82, 2.24) is 34.4 Å². The highest BCUT2D eigenvalue weighted by atomic mass is 16.2. The van der Waals surface area contributed by atoms with E-state index in [2.05, 4.69) is 25.0 Å². The quantitative estimate of drug-likeness (QED) is 0.422. The van der Waals surface area contributed by atoms with Crippen LogP contribution in [0.2, 0.25) is 0 Å². The topological polar surface area (TPSA) is 115 Å². The minimum absolute atomic E-state index is 0.160. The molecule has 0 aliphatic carbocycles. The van der Waals surface area contributed by atoms with Gasteiger partial charge in [0.2, 0.25) is 0 Å². The summed E-state index contributed by atoms with van der Waals surface area (Å²) in [5.74, 6) is 0.183. The van der Waals surface area contributed by atoms with Crippen LogP contribution in [0.3, 0.4) is 0 Å². The lowest BCUT2D eigenvalue weighted by molar-refractivity contribution is 0.0790. The molecule has 0 unspecified atom stereocenters. The molecule has 5 aromatic heterocycles. The summed E-state index contributed by atoms with van der Waals surface area (Å²) in [6.45, 7) is 0.540. The fourth-order valence-electron chi connectivity index (χ4n) is 3.68. The van der Waals surface area contributed by atoms with Gasteiger partial charge in [-0.1, -0.05) is 18.2 Å². The fourth-order valence-corrected chi connectivity index (χ4v) is 3.68. The van der Waals surface area contributed by atoms with Crippen LogP contribution in [0, 0.1) is 0 Å². The first kappa shape index (κ1) is 21.2. The molecule has 9 heteroatoms. The van der Waals surface area contributed by atoms with Gasteiger partial charge in [-0.2, -0.15) is 0 Å². The predicted octanol–water partition coefficient (Wildman–Crippen LogP) is 3.15. The van der Waals surface area contributed by atoms with Crippen molar-refractivity contribution < 1.29 is 4.79 Å². The Hall–Kier alpha value is -4.66. The number of hydrogen-bond donors (Lipinski definition) is 1. The van der Waals surface area contributed by atoms with E-state index in [9.17, 15) is 4.79 Å². The fraction of sp³-hybridized carbons (Fsp3) is 0.120. The average molecular weight is 451 g/mol. The molecular formula is C25H22N8O. The molecule has 0 aromatic carbocycles. The van der Waals surface area contributed by atoms with Crippen LogP contribution in [-0.4, -0.2) is 53.9 Å². The second-order valence-electron chi connectivity index (χ2n) is 7.79. The van der Waals surface area contributed by atoms with E-state index in [4.69, 9.17) is 5.73 Å². The Balaban J connectivity index is 1.39. The van der Waals surface area contributed by atoms with E-state index in [1.54, 1.807) is 47.3 Å². The highest BCUT2D eigenvalue weighted by molar-refractivity contribution is 5.92. The molecule has 0 bridgehead atoms. The maximum absolute atomic E-state index is 13.0. The molecule has 5 heterocycles.